The van der Waals surface area contributed by atoms with Gasteiger partial charge >= 0.3 is 5.97 Å². The Morgan fingerprint density at radius 1 is 1.17 bits per heavy atom. The average Bonchev–Trinajstić information content (AvgIpc) is 2.54. The van der Waals surface area contributed by atoms with Crippen LogP contribution in [0.25, 0.3) is 0 Å². The monoisotopic (exact) mass is 343 g/mol. The van der Waals surface area contributed by atoms with Crippen LogP contribution in [0.4, 0.5) is 5.69 Å². The predicted octanol–water partition coefficient (Wildman–Crippen LogP) is 4.06. The summed E-state index contributed by atoms with van der Waals surface area (Å²) in [7, 11) is 0. The van der Waals surface area contributed by atoms with Crippen molar-refractivity contribution in [2.75, 3.05) is 11.1 Å². The lowest BCUT2D eigenvalue weighted by atomic mass is 10.0. The zero-order valence-corrected chi connectivity index (χ0v) is 14.6. The highest BCUT2D eigenvalue weighted by atomic mass is 32.2. The molecule has 2 aromatic carbocycles. The summed E-state index contributed by atoms with van der Waals surface area (Å²) >= 11 is 1.55. The highest BCUT2D eigenvalue weighted by Gasteiger charge is 2.14. The standard InChI is InChI=1S/C19H21NO3S/c1-13-5-3-6-15(9-13)11-24-12-18(21)20-17-8-4-7-16(10-17)14(2)19(22)23/h3-10,14H,11-12H2,1-2H3,(H,20,21)(H,22,23). The Morgan fingerprint density at radius 3 is 2.62 bits per heavy atom. The van der Waals surface area contributed by atoms with Gasteiger partial charge in [0, 0.05) is 11.4 Å². The molecule has 2 aromatic rings. The molecule has 0 aromatic heterocycles. The molecular formula is C19H21NO3S. The molecule has 1 unspecified atom stereocenters. The van der Waals surface area contributed by atoms with Crippen LogP contribution in [0.5, 0.6) is 0 Å². The number of hydrogen-bond acceptors (Lipinski definition) is 3. The number of benzene rings is 2. The fourth-order valence-corrected chi connectivity index (χ4v) is 3.06. The fraction of sp³-hybridized carbons (Fsp3) is 0.263. The second-order valence-electron chi connectivity index (χ2n) is 5.72. The van der Waals surface area contributed by atoms with Crippen LogP contribution in [0.2, 0.25) is 0 Å². The highest BCUT2D eigenvalue weighted by molar-refractivity contribution is 7.99. The van der Waals surface area contributed by atoms with Crippen LogP contribution in [-0.2, 0) is 15.3 Å². The van der Waals surface area contributed by atoms with E-state index in [2.05, 4.69) is 17.4 Å². The number of carboxylic acids is 1. The van der Waals surface area contributed by atoms with Crippen LogP contribution in [0.15, 0.2) is 48.5 Å². The number of aryl methyl sites for hydroxylation is 1. The topological polar surface area (TPSA) is 66.4 Å². The van der Waals surface area contributed by atoms with E-state index in [9.17, 15) is 9.59 Å². The molecule has 0 aliphatic carbocycles. The number of anilines is 1. The van der Waals surface area contributed by atoms with Crippen LogP contribution in [0.3, 0.4) is 0 Å². The van der Waals surface area contributed by atoms with Crippen LogP contribution in [0, 0.1) is 6.92 Å². The molecule has 0 bridgehead atoms. The number of aliphatic carboxylic acids is 1. The quantitative estimate of drug-likeness (QED) is 0.796. The van der Waals surface area contributed by atoms with Gasteiger partial charge in [0.15, 0.2) is 0 Å². The minimum absolute atomic E-state index is 0.0900. The molecule has 1 atom stereocenters. The molecular weight excluding hydrogens is 322 g/mol. The number of rotatable bonds is 7. The van der Waals surface area contributed by atoms with Crippen molar-refractivity contribution < 1.29 is 14.7 Å². The first-order chi connectivity index (χ1) is 11.5. The van der Waals surface area contributed by atoms with E-state index in [1.165, 1.54) is 11.1 Å². The minimum atomic E-state index is -0.882. The summed E-state index contributed by atoms with van der Waals surface area (Å²) in [6, 6.07) is 15.2. The zero-order chi connectivity index (χ0) is 17.5. The molecule has 0 aliphatic rings. The Bertz CT molecular complexity index is 730. The summed E-state index contributed by atoms with van der Waals surface area (Å²) in [5.41, 5.74) is 3.71. The van der Waals surface area contributed by atoms with Crippen molar-refractivity contribution in [2.45, 2.75) is 25.5 Å². The van der Waals surface area contributed by atoms with Crippen LogP contribution in [0.1, 0.15) is 29.5 Å². The van der Waals surface area contributed by atoms with Crippen molar-refractivity contribution in [3.63, 3.8) is 0 Å². The van der Waals surface area contributed by atoms with E-state index >= 15 is 0 Å². The second kappa shape index (κ2) is 8.55. The van der Waals surface area contributed by atoms with Gasteiger partial charge in [-0.1, -0.05) is 42.0 Å². The van der Waals surface area contributed by atoms with E-state index in [-0.39, 0.29) is 5.91 Å². The molecule has 1 amide bonds. The smallest absolute Gasteiger partial charge is 0.310 e. The Balaban J connectivity index is 1.86. The van der Waals surface area contributed by atoms with Crippen molar-refractivity contribution in [3.8, 4) is 0 Å². The molecule has 24 heavy (non-hydrogen) atoms. The molecule has 0 fully saturated rings. The maximum absolute atomic E-state index is 12.0. The predicted molar refractivity (Wildman–Crippen MR) is 98.5 cm³/mol. The normalized spacial score (nSPS) is 11.8. The van der Waals surface area contributed by atoms with Crippen molar-refractivity contribution in [3.05, 3.63) is 65.2 Å². The highest BCUT2D eigenvalue weighted by Crippen LogP contribution is 2.20. The van der Waals surface area contributed by atoms with Crippen LogP contribution < -0.4 is 5.32 Å². The van der Waals surface area contributed by atoms with E-state index in [0.29, 0.717) is 17.0 Å². The molecule has 2 rings (SSSR count). The van der Waals surface area contributed by atoms with E-state index < -0.39 is 11.9 Å². The number of carboxylic acid groups (broad SMARTS) is 1. The second-order valence-corrected chi connectivity index (χ2v) is 6.70. The molecule has 4 nitrogen and oxygen atoms in total. The largest absolute Gasteiger partial charge is 0.481 e. The first-order valence-corrected chi connectivity index (χ1v) is 8.87. The molecule has 0 saturated heterocycles. The van der Waals surface area contributed by atoms with Gasteiger partial charge < -0.3 is 10.4 Å². The zero-order valence-electron chi connectivity index (χ0n) is 13.8. The summed E-state index contributed by atoms with van der Waals surface area (Å²) < 4.78 is 0. The van der Waals surface area contributed by atoms with Crippen LogP contribution >= 0.6 is 11.8 Å². The minimum Gasteiger partial charge on any atom is -0.481 e. The molecule has 0 aliphatic heterocycles. The summed E-state index contributed by atoms with van der Waals surface area (Å²) in [4.78, 5) is 23.1. The maximum Gasteiger partial charge on any atom is 0.310 e. The van der Waals surface area contributed by atoms with Crippen LogP contribution in [-0.4, -0.2) is 22.7 Å². The lowest BCUT2D eigenvalue weighted by Crippen LogP contribution is -2.15. The van der Waals surface area contributed by atoms with E-state index in [4.69, 9.17) is 5.11 Å². The number of hydrogen-bond donors (Lipinski definition) is 2. The van der Waals surface area contributed by atoms with E-state index in [0.717, 1.165) is 5.75 Å². The van der Waals surface area contributed by atoms with Gasteiger partial charge in [0.25, 0.3) is 0 Å². The van der Waals surface area contributed by atoms with Gasteiger partial charge in [0.05, 0.1) is 11.7 Å². The van der Waals surface area contributed by atoms with E-state index in [1.54, 1.807) is 43.0 Å². The third kappa shape index (κ3) is 5.42. The van der Waals surface area contributed by atoms with Crippen molar-refractivity contribution in [1.82, 2.24) is 0 Å². The maximum atomic E-state index is 12.0. The third-order valence-corrected chi connectivity index (χ3v) is 4.63. The van der Waals surface area contributed by atoms with Gasteiger partial charge in [-0.25, -0.2) is 0 Å². The Labute approximate surface area is 146 Å². The molecule has 0 saturated carbocycles. The Kier molecular flexibility index (Phi) is 6.44. The molecule has 0 radical (unpaired) electrons. The van der Waals surface area contributed by atoms with Crippen molar-refractivity contribution in [1.29, 1.82) is 0 Å². The Morgan fingerprint density at radius 2 is 1.92 bits per heavy atom. The third-order valence-electron chi connectivity index (χ3n) is 3.63. The number of nitrogens with one attached hydrogen (secondary N) is 1. The summed E-state index contributed by atoms with van der Waals surface area (Å²) in [6.07, 6.45) is 0. The van der Waals surface area contributed by atoms with Gasteiger partial charge in [-0.05, 0) is 37.1 Å². The summed E-state index contributed by atoms with van der Waals surface area (Å²) in [5.74, 6) is -0.435. The van der Waals surface area contributed by atoms with Gasteiger partial charge in [-0.15, -0.1) is 11.8 Å². The number of carbonyl (C=O) groups is 2. The lowest BCUT2D eigenvalue weighted by molar-refractivity contribution is -0.138. The summed E-state index contributed by atoms with van der Waals surface area (Å²) in [6.45, 7) is 3.67. The molecule has 126 valence electrons. The molecule has 0 heterocycles. The lowest BCUT2D eigenvalue weighted by Gasteiger charge is -2.10. The van der Waals surface area contributed by atoms with Crippen molar-refractivity contribution in [2.24, 2.45) is 0 Å². The number of carbonyl (C=O) groups excluding carboxylic acids is 1. The number of thioether (sulfide) groups is 1. The van der Waals surface area contributed by atoms with Gasteiger partial charge in [0.2, 0.25) is 5.91 Å². The average molecular weight is 343 g/mol. The van der Waals surface area contributed by atoms with Gasteiger partial charge in [-0.3, -0.25) is 9.59 Å². The summed E-state index contributed by atoms with van der Waals surface area (Å²) in [5, 5.41) is 11.9. The first kappa shape index (κ1) is 18.1. The fourth-order valence-electron chi connectivity index (χ4n) is 2.29. The number of amides is 1. The van der Waals surface area contributed by atoms with Gasteiger partial charge in [0.1, 0.15) is 0 Å². The van der Waals surface area contributed by atoms with Gasteiger partial charge in [-0.2, -0.15) is 0 Å². The molecule has 0 spiro atoms. The molecule has 5 heteroatoms. The van der Waals surface area contributed by atoms with Crippen molar-refractivity contribution >= 4 is 29.3 Å². The Hall–Kier alpha value is -2.27. The molecule has 2 N–H and O–H groups in total. The van der Waals surface area contributed by atoms with E-state index in [1.807, 2.05) is 19.1 Å². The SMILES string of the molecule is Cc1cccc(CSCC(=O)Nc2cccc(C(C)C(=O)O)c2)c1. The first-order valence-electron chi connectivity index (χ1n) is 7.71.